The number of carbonyl (C=O) groups is 2. The average molecular weight is 243 g/mol. The number of amides is 3. The van der Waals surface area contributed by atoms with E-state index in [1.165, 1.54) is 0 Å². The minimum Gasteiger partial charge on any atom is -0.383 e. The third kappa shape index (κ3) is 4.00. The van der Waals surface area contributed by atoms with Crippen molar-refractivity contribution in [1.29, 1.82) is 0 Å². The first-order chi connectivity index (χ1) is 7.47. The lowest BCUT2D eigenvalue weighted by molar-refractivity contribution is -0.117. The molecule has 8 nitrogen and oxygen atoms in total. The van der Waals surface area contributed by atoms with E-state index in [-0.39, 0.29) is 16.7 Å². The number of H-pyrrole nitrogens is 1. The van der Waals surface area contributed by atoms with Crippen LogP contribution in [0.1, 0.15) is 0 Å². The van der Waals surface area contributed by atoms with Crippen molar-refractivity contribution >= 4 is 29.5 Å². The second-order valence-electron chi connectivity index (χ2n) is 2.68. The van der Waals surface area contributed by atoms with E-state index in [1.54, 1.807) is 0 Å². The number of thioether (sulfide) groups is 1. The molecule has 6 N–H and O–H groups in total. The van der Waals surface area contributed by atoms with Gasteiger partial charge in [0.1, 0.15) is 5.82 Å². The van der Waals surface area contributed by atoms with Gasteiger partial charge in [-0.2, -0.15) is 0 Å². The molecular weight excluding hydrogens is 234 g/mol. The minimum absolute atomic E-state index is 0.0570. The fourth-order valence-electron chi connectivity index (χ4n) is 0.829. The number of anilines is 1. The predicted molar refractivity (Wildman–Crippen MR) is 57.7 cm³/mol. The zero-order chi connectivity index (χ0) is 12.1. The van der Waals surface area contributed by atoms with Crippen molar-refractivity contribution in [1.82, 2.24) is 15.3 Å². The summed E-state index contributed by atoms with van der Waals surface area (Å²) in [5, 5.41) is 2.07. The van der Waals surface area contributed by atoms with E-state index < -0.39 is 17.5 Å². The number of nitrogens with two attached hydrogens (primary N) is 2. The molecule has 0 atom stereocenters. The Morgan fingerprint density at radius 2 is 2.25 bits per heavy atom. The average Bonchev–Trinajstić information content (AvgIpc) is 2.12. The van der Waals surface area contributed by atoms with Crippen molar-refractivity contribution in [2.75, 3.05) is 11.5 Å². The van der Waals surface area contributed by atoms with E-state index in [0.29, 0.717) is 0 Å². The highest BCUT2D eigenvalue weighted by molar-refractivity contribution is 7.99. The first-order valence-corrected chi connectivity index (χ1v) is 5.05. The molecule has 1 rings (SSSR count). The fourth-order valence-corrected chi connectivity index (χ4v) is 1.51. The third-order valence-electron chi connectivity index (χ3n) is 1.34. The largest absolute Gasteiger partial charge is 0.383 e. The molecule has 0 aliphatic heterocycles. The summed E-state index contributed by atoms with van der Waals surface area (Å²) in [6, 6.07) is 0.188. The highest BCUT2D eigenvalue weighted by atomic mass is 32.2. The molecule has 9 heteroatoms. The molecule has 1 aromatic rings. The molecule has 0 bridgehead atoms. The van der Waals surface area contributed by atoms with Gasteiger partial charge >= 0.3 is 6.03 Å². The Morgan fingerprint density at radius 1 is 1.56 bits per heavy atom. The number of aromatic nitrogens is 2. The molecule has 0 aliphatic rings. The summed E-state index contributed by atoms with van der Waals surface area (Å²) in [5.41, 5.74) is 9.65. The first-order valence-electron chi connectivity index (χ1n) is 4.06. The molecule has 16 heavy (non-hydrogen) atoms. The van der Waals surface area contributed by atoms with Crippen molar-refractivity contribution in [3.05, 3.63) is 16.4 Å². The van der Waals surface area contributed by atoms with E-state index in [4.69, 9.17) is 11.5 Å². The highest BCUT2D eigenvalue weighted by Gasteiger charge is 2.06. The van der Waals surface area contributed by atoms with Gasteiger partial charge in [-0.15, -0.1) is 0 Å². The van der Waals surface area contributed by atoms with Crippen LogP contribution in [0.3, 0.4) is 0 Å². The van der Waals surface area contributed by atoms with Gasteiger partial charge in [0.2, 0.25) is 5.91 Å². The predicted octanol–water partition coefficient (Wildman–Crippen LogP) is -1.36. The Hall–Kier alpha value is -2.03. The number of hydrogen-bond donors (Lipinski definition) is 4. The number of urea groups is 1. The lowest BCUT2D eigenvalue weighted by Crippen LogP contribution is -2.36. The summed E-state index contributed by atoms with van der Waals surface area (Å²) in [6.07, 6.45) is 0. The molecule has 0 spiro atoms. The number of rotatable bonds is 3. The van der Waals surface area contributed by atoms with Crippen molar-refractivity contribution < 1.29 is 9.59 Å². The van der Waals surface area contributed by atoms with Gasteiger partial charge in [0, 0.05) is 6.07 Å². The normalized spacial score (nSPS) is 9.75. The number of primary amides is 1. The van der Waals surface area contributed by atoms with Gasteiger partial charge in [0.05, 0.1) is 5.75 Å². The molecule has 86 valence electrons. The summed E-state index contributed by atoms with van der Waals surface area (Å²) in [6.45, 7) is 0. The van der Waals surface area contributed by atoms with Crippen LogP contribution in [0.2, 0.25) is 0 Å². The lowest BCUT2D eigenvalue weighted by Gasteiger charge is -2.01. The van der Waals surface area contributed by atoms with Crippen LogP contribution in [0.15, 0.2) is 16.0 Å². The SMILES string of the molecule is NC(=O)NC(=O)CSc1nc(N)cc(=O)[nH]1. The Kier molecular flexibility index (Phi) is 3.89. The van der Waals surface area contributed by atoms with Gasteiger partial charge < -0.3 is 16.5 Å². The van der Waals surface area contributed by atoms with E-state index >= 15 is 0 Å². The smallest absolute Gasteiger partial charge is 0.318 e. The summed E-state index contributed by atoms with van der Waals surface area (Å²) >= 11 is 0.932. The van der Waals surface area contributed by atoms with E-state index in [9.17, 15) is 14.4 Å². The maximum Gasteiger partial charge on any atom is 0.318 e. The van der Waals surface area contributed by atoms with Crippen molar-refractivity contribution in [3.8, 4) is 0 Å². The first kappa shape index (κ1) is 12.0. The zero-order valence-corrected chi connectivity index (χ0v) is 8.84. The van der Waals surface area contributed by atoms with Gasteiger partial charge in [-0.25, -0.2) is 9.78 Å². The molecule has 1 aromatic heterocycles. The van der Waals surface area contributed by atoms with Crippen molar-refractivity contribution in [2.24, 2.45) is 5.73 Å². The van der Waals surface area contributed by atoms with E-state index in [0.717, 1.165) is 17.8 Å². The second-order valence-corrected chi connectivity index (χ2v) is 3.64. The Morgan fingerprint density at radius 3 is 2.81 bits per heavy atom. The number of nitrogens with zero attached hydrogens (tertiary/aromatic N) is 1. The monoisotopic (exact) mass is 243 g/mol. The Balaban J connectivity index is 2.58. The van der Waals surface area contributed by atoms with Crippen LogP contribution in [0.5, 0.6) is 0 Å². The van der Waals surface area contributed by atoms with E-state index in [1.807, 2.05) is 5.32 Å². The van der Waals surface area contributed by atoms with Crippen molar-refractivity contribution in [2.45, 2.75) is 5.16 Å². The molecule has 0 radical (unpaired) electrons. The maximum atomic E-state index is 11.0. The standard InChI is InChI=1S/C7H9N5O3S/c8-3-1-4(13)12-7(10-3)16-2-5(14)11-6(9)15/h1H,2H2,(H3,8,10,12,13)(H3,9,11,14,15). The van der Waals surface area contributed by atoms with Crippen LogP contribution in [0.4, 0.5) is 10.6 Å². The molecule has 0 aromatic carbocycles. The van der Waals surface area contributed by atoms with Crippen LogP contribution in [0, 0.1) is 0 Å². The third-order valence-corrected chi connectivity index (χ3v) is 2.22. The van der Waals surface area contributed by atoms with Gasteiger partial charge in [-0.05, 0) is 0 Å². The van der Waals surface area contributed by atoms with Crippen molar-refractivity contribution in [3.63, 3.8) is 0 Å². The summed E-state index contributed by atoms with van der Waals surface area (Å²) in [4.78, 5) is 38.5. The van der Waals surface area contributed by atoms with Gasteiger partial charge in [0.25, 0.3) is 5.56 Å². The molecule has 1 heterocycles. The minimum atomic E-state index is -0.931. The summed E-state index contributed by atoms with van der Waals surface area (Å²) < 4.78 is 0. The van der Waals surface area contributed by atoms with Crippen LogP contribution in [0.25, 0.3) is 0 Å². The second kappa shape index (κ2) is 5.16. The molecular formula is C7H9N5O3S. The Labute approximate surface area is 93.8 Å². The maximum absolute atomic E-state index is 11.0. The number of nitrogens with one attached hydrogen (secondary N) is 2. The molecule has 0 aliphatic carbocycles. The van der Waals surface area contributed by atoms with Crippen LogP contribution < -0.4 is 22.3 Å². The number of hydrogen-bond acceptors (Lipinski definition) is 6. The van der Waals surface area contributed by atoms with E-state index in [2.05, 4.69) is 9.97 Å². The lowest BCUT2D eigenvalue weighted by atomic mass is 10.6. The summed E-state index contributed by atoms with van der Waals surface area (Å²) in [5.74, 6) is -0.626. The van der Waals surface area contributed by atoms with Crippen LogP contribution in [-0.4, -0.2) is 27.7 Å². The molecule has 0 saturated heterocycles. The molecule has 3 amide bonds. The van der Waals surface area contributed by atoms with Crippen LogP contribution >= 0.6 is 11.8 Å². The number of carbonyl (C=O) groups excluding carboxylic acids is 2. The van der Waals surface area contributed by atoms with Gasteiger partial charge in [-0.3, -0.25) is 14.9 Å². The summed E-state index contributed by atoms with van der Waals surface area (Å²) in [7, 11) is 0. The van der Waals surface area contributed by atoms with Gasteiger partial charge in [-0.1, -0.05) is 11.8 Å². The highest BCUT2D eigenvalue weighted by Crippen LogP contribution is 2.10. The topological polar surface area (TPSA) is 144 Å². The Bertz CT molecular complexity index is 471. The zero-order valence-electron chi connectivity index (χ0n) is 8.02. The number of nitrogen functional groups attached to an aromatic ring is 1. The fraction of sp³-hybridized carbons (Fsp3) is 0.143. The molecule has 0 unspecified atom stereocenters. The molecule has 0 fully saturated rings. The van der Waals surface area contributed by atoms with Crippen LogP contribution in [-0.2, 0) is 4.79 Å². The molecule has 0 saturated carbocycles. The number of aromatic amines is 1. The quantitative estimate of drug-likeness (QED) is 0.381. The number of imide groups is 1. The van der Waals surface area contributed by atoms with Gasteiger partial charge in [0.15, 0.2) is 5.16 Å².